The molecule has 0 aromatic heterocycles. The minimum atomic E-state index is 0.0369. The fourth-order valence-corrected chi connectivity index (χ4v) is 3.04. The van der Waals surface area contributed by atoms with Crippen molar-refractivity contribution in [2.75, 3.05) is 49.9 Å². The molecule has 0 saturated heterocycles. The molecule has 0 amide bonds. The Morgan fingerprint density at radius 1 is 0.500 bits per heavy atom. The van der Waals surface area contributed by atoms with Crippen molar-refractivity contribution in [2.45, 2.75) is 0 Å². The highest BCUT2D eigenvalue weighted by atomic mass is 16.1. The molecule has 0 unspecified atom stereocenters. The second-order valence-corrected chi connectivity index (χ2v) is 7.29. The number of hydrogen-bond acceptors (Lipinski definition) is 4. The van der Waals surface area contributed by atoms with E-state index in [0.717, 1.165) is 17.1 Å². The number of carbonyl (C=O) groups is 1. The van der Waals surface area contributed by atoms with Gasteiger partial charge in [0.1, 0.15) is 0 Å². The minimum absolute atomic E-state index is 0.0369. The molecule has 3 rings (SSSR count). The van der Waals surface area contributed by atoms with Crippen LogP contribution in [0.15, 0.2) is 72.8 Å². The molecule has 0 heterocycles. The van der Waals surface area contributed by atoms with E-state index in [2.05, 4.69) is 34.1 Å². The fourth-order valence-electron chi connectivity index (χ4n) is 3.04. The van der Waals surface area contributed by atoms with Gasteiger partial charge in [0, 0.05) is 69.1 Å². The average Bonchev–Trinajstić information content (AvgIpc) is 2.73. The van der Waals surface area contributed by atoms with Crippen LogP contribution in [0.2, 0.25) is 0 Å². The van der Waals surface area contributed by atoms with E-state index in [1.165, 1.54) is 5.69 Å². The van der Waals surface area contributed by atoms with Crippen LogP contribution in [0.5, 0.6) is 0 Å². The van der Waals surface area contributed by atoms with Gasteiger partial charge in [0.2, 0.25) is 0 Å². The summed E-state index contributed by atoms with van der Waals surface area (Å²) in [5.41, 5.74) is 5.77. The normalized spacial score (nSPS) is 10.5. The molecule has 0 N–H and O–H groups in total. The third-order valence-corrected chi connectivity index (χ3v) is 4.92. The standard InChI is InChI=1S/C24H27N3O/c1-25(2)20-10-6-18(7-11-20)24(28)19-8-12-22(13-9-19)27(5)23-16-14-21(15-17-23)26(3)4/h6-17H,1-5H3. The van der Waals surface area contributed by atoms with Crippen LogP contribution in [-0.2, 0) is 0 Å². The average molecular weight is 374 g/mol. The Kier molecular flexibility index (Phi) is 5.69. The molecule has 3 aromatic carbocycles. The molecule has 0 saturated carbocycles. The van der Waals surface area contributed by atoms with E-state index in [1.807, 2.05) is 88.7 Å². The molecule has 0 fully saturated rings. The lowest BCUT2D eigenvalue weighted by atomic mass is 10.0. The molecule has 144 valence electrons. The summed E-state index contributed by atoms with van der Waals surface area (Å²) in [5, 5.41) is 0. The van der Waals surface area contributed by atoms with E-state index in [-0.39, 0.29) is 5.78 Å². The zero-order valence-electron chi connectivity index (χ0n) is 17.2. The van der Waals surface area contributed by atoms with Gasteiger partial charge in [-0.2, -0.15) is 0 Å². The number of ketones is 1. The summed E-state index contributed by atoms with van der Waals surface area (Å²) in [6.45, 7) is 0. The van der Waals surface area contributed by atoms with Crippen molar-refractivity contribution in [3.05, 3.63) is 83.9 Å². The van der Waals surface area contributed by atoms with Gasteiger partial charge in [0.15, 0.2) is 5.78 Å². The maximum absolute atomic E-state index is 12.7. The maximum Gasteiger partial charge on any atom is 0.193 e. The third-order valence-electron chi connectivity index (χ3n) is 4.92. The monoisotopic (exact) mass is 373 g/mol. The van der Waals surface area contributed by atoms with Crippen LogP contribution in [0.4, 0.5) is 22.7 Å². The first-order valence-electron chi connectivity index (χ1n) is 9.30. The summed E-state index contributed by atoms with van der Waals surface area (Å²) in [5.74, 6) is 0.0369. The molecular weight excluding hydrogens is 346 g/mol. The van der Waals surface area contributed by atoms with Crippen molar-refractivity contribution in [1.82, 2.24) is 0 Å². The molecular formula is C24H27N3O. The van der Waals surface area contributed by atoms with Gasteiger partial charge >= 0.3 is 0 Å². The molecule has 0 spiro atoms. The molecule has 0 atom stereocenters. The second kappa shape index (κ2) is 8.17. The number of rotatable bonds is 6. The maximum atomic E-state index is 12.7. The summed E-state index contributed by atoms with van der Waals surface area (Å²) in [6.07, 6.45) is 0. The molecule has 4 nitrogen and oxygen atoms in total. The largest absolute Gasteiger partial charge is 0.378 e. The molecule has 0 radical (unpaired) electrons. The number of carbonyl (C=O) groups excluding carboxylic acids is 1. The van der Waals surface area contributed by atoms with Crippen molar-refractivity contribution in [1.29, 1.82) is 0 Å². The topological polar surface area (TPSA) is 26.8 Å². The Bertz CT molecular complexity index is 927. The van der Waals surface area contributed by atoms with Crippen molar-refractivity contribution in [3.63, 3.8) is 0 Å². The highest BCUT2D eigenvalue weighted by Gasteiger charge is 2.11. The van der Waals surface area contributed by atoms with Gasteiger partial charge in [-0.05, 0) is 72.8 Å². The van der Waals surface area contributed by atoms with Crippen molar-refractivity contribution < 1.29 is 4.79 Å². The molecule has 0 aliphatic heterocycles. The molecule has 0 aliphatic carbocycles. The molecule has 0 aliphatic rings. The number of benzene rings is 3. The first kappa shape index (κ1) is 19.5. The predicted molar refractivity (Wildman–Crippen MR) is 119 cm³/mol. The highest BCUT2D eigenvalue weighted by molar-refractivity contribution is 6.09. The van der Waals surface area contributed by atoms with Gasteiger partial charge in [-0.1, -0.05) is 0 Å². The third kappa shape index (κ3) is 4.17. The molecule has 28 heavy (non-hydrogen) atoms. The van der Waals surface area contributed by atoms with Crippen molar-refractivity contribution in [2.24, 2.45) is 0 Å². The van der Waals surface area contributed by atoms with Crippen LogP contribution in [0.3, 0.4) is 0 Å². The second-order valence-electron chi connectivity index (χ2n) is 7.29. The van der Waals surface area contributed by atoms with Gasteiger partial charge in [0.25, 0.3) is 0 Å². The highest BCUT2D eigenvalue weighted by Crippen LogP contribution is 2.26. The van der Waals surface area contributed by atoms with Gasteiger partial charge in [-0.15, -0.1) is 0 Å². The van der Waals surface area contributed by atoms with Crippen LogP contribution < -0.4 is 14.7 Å². The number of hydrogen-bond donors (Lipinski definition) is 0. The van der Waals surface area contributed by atoms with E-state index in [1.54, 1.807) is 0 Å². The van der Waals surface area contributed by atoms with E-state index in [0.29, 0.717) is 11.1 Å². The lowest BCUT2D eigenvalue weighted by Crippen LogP contribution is -2.11. The quantitative estimate of drug-likeness (QED) is 0.579. The van der Waals surface area contributed by atoms with Crippen LogP contribution in [-0.4, -0.2) is 41.0 Å². The number of nitrogens with zero attached hydrogens (tertiary/aromatic N) is 3. The van der Waals surface area contributed by atoms with Crippen LogP contribution in [0, 0.1) is 0 Å². The Hall–Kier alpha value is -3.27. The summed E-state index contributed by atoms with van der Waals surface area (Å²) in [6, 6.07) is 23.8. The summed E-state index contributed by atoms with van der Waals surface area (Å²) in [4.78, 5) is 19.0. The summed E-state index contributed by atoms with van der Waals surface area (Å²) >= 11 is 0. The zero-order chi connectivity index (χ0) is 20.3. The minimum Gasteiger partial charge on any atom is -0.378 e. The van der Waals surface area contributed by atoms with Gasteiger partial charge < -0.3 is 14.7 Å². The van der Waals surface area contributed by atoms with Gasteiger partial charge in [-0.3, -0.25) is 4.79 Å². The Labute approximate surface area is 167 Å². The fraction of sp³-hybridized carbons (Fsp3) is 0.208. The Balaban J connectivity index is 1.75. The first-order chi connectivity index (χ1) is 13.4. The lowest BCUT2D eigenvalue weighted by molar-refractivity contribution is 0.103. The number of anilines is 4. The first-order valence-corrected chi connectivity index (χ1v) is 9.30. The van der Waals surface area contributed by atoms with Crippen LogP contribution in [0.25, 0.3) is 0 Å². The summed E-state index contributed by atoms with van der Waals surface area (Å²) < 4.78 is 0. The van der Waals surface area contributed by atoms with E-state index < -0.39 is 0 Å². The molecule has 3 aromatic rings. The van der Waals surface area contributed by atoms with E-state index >= 15 is 0 Å². The molecule has 4 heteroatoms. The van der Waals surface area contributed by atoms with Crippen LogP contribution in [0.1, 0.15) is 15.9 Å². The zero-order valence-corrected chi connectivity index (χ0v) is 17.2. The smallest absolute Gasteiger partial charge is 0.193 e. The van der Waals surface area contributed by atoms with Gasteiger partial charge in [-0.25, -0.2) is 0 Å². The van der Waals surface area contributed by atoms with Gasteiger partial charge in [0.05, 0.1) is 0 Å². The van der Waals surface area contributed by atoms with E-state index in [4.69, 9.17) is 0 Å². The lowest BCUT2D eigenvalue weighted by Gasteiger charge is -2.21. The van der Waals surface area contributed by atoms with E-state index in [9.17, 15) is 4.79 Å². The van der Waals surface area contributed by atoms with Crippen molar-refractivity contribution in [3.8, 4) is 0 Å². The van der Waals surface area contributed by atoms with Crippen LogP contribution >= 0.6 is 0 Å². The van der Waals surface area contributed by atoms with Crippen molar-refractivity contribution >= 4 is 28.5 Å². The Morgan fingerprint density at radius 3 is 1.14 bits per heavy atom. The summed E-state index contributed by atoms with van der Waals surface area (Å²) in [7, 11) is 10.1. The predicted octanol–water partition coefficient (Wildman–Crippen LogP) is 4.82. The molecule has 0 bridgehead atoms. The SMILES string of the molecule is CN(C)c1ccc(C(=O)c2ccc(N(C)c3ccc(N(C)C)cc3)cc2)cc1. The Morgan fingerprint density at radius 2 is 0.786 bits per heavy atom.